The SMILES string of the molecule is CC(OC(=O)N1CCC(C)(NC(=O)c2cn3c(n2)CN(C(=O)C2(F)CC2)CC3)CC1)C(F)(F)F. The molecule has 1 aromatic rings. The van der Waals surface area contributed by atoms with Gasteiger partial charge in [-0.05, 0) is 39.5 Å². The van der Waals surface area contributed by atoms with Gasteiger partial charge in [0.05, 0.1) is 6.54 Å². The number of rotatable bonds is 4. The maximum Gasteiger partial charge on any atom is 0.425 e. The number of likely N-dealkylation sites (tertiary alicyclic amines) is 1. The molecule has 2 aliphatic heterocycles. The third kappa shape index (κ3) is 4.97. The van der Waals surface area contributed by atoms with Crippen LogP contribution in [0.3, 0.4) is 0 Å². The molecule has 0 radical (unpaired) electrons. The van der Waals surface area contributed by atoms with E-state index in [1.54, 1.807) is 17.7 Å². The molecule has 0 spiro atoms. The molecule has 1 saturated heterocycles. The Kier molecular flexibility index (Phi) is 6.01. The lowest BCUT2D eigenvalue weighted by molar-refractivity contribution is -0.200. The van der Waals surface area contributed by atoms with Crippen LogP contribution < -0.4 is 5.32 Å². The van der Waals surface area contributed by atoms with Crippen LogP contribution in [-0.2, 0) is 22.6 Å². The van der Waals surface area contributed by atoms with Crippen molar-refractivity contribution in [3.63, 3.8) is 0 Å². The van der Waals surface area contributed by atoms with E-state index in [-0.39, 0.29) is 38.2 Å². The zero-order valence-corrected chi connectivity index (χ0v) is 19.0. The number of nitrogens with one attached hydrogen (secondary N) is 1. The first kappa shape index (κ1) is 24.3. The average Bonchev–Trinajstić information content (AvgIpc) is 3.36. The summed E-state index contributed by atoms with van der Waals surface area (Å²) in [6, 6.07) is 0. The number of carbonyl (C=O) groups is 3. The Morgan fingerprint density at radius 1 is 1.09 bits per heavy atom. The Hall–Kier alpha value is -2.86. The van der Waals surface area contributed by atoms with Crippen LogP contribution in [0.15, 0.2) is 6.20 Å². The van der Waals surface area contributed by atoms with Gasteiger partial charge in [0.1, 0.15) is 11.5 Å². The van der Waals surface area contributed by atoms with Gasteiger partial charge in [0.25, 0.3) is 11.8 Å². The largest absolute Gasteiger partial charge is 0.437 e. The molecule has 2 fully saturated rings. The third-order valence-corrected chi connectivity index (χ3v) is 6.67. The molecule has 1 saturated carbocycles. The predicted molar refractivity (Wildman–Crippen MR) is 109 cm³/mol. The van der Waals surface area contributed by atoms with Crippen molar-refractivity contribution in [3.8, 4) is 0 Å². The number of fused-ring (bicyclic) bond motifs is 1. The van der Waals surface area contributed by atoms with E-state index in [1.165, 1.54) is 9.80 Å². The van der Waals surface area contributed by atoms with Crippen molar-refractivity contribution in [2.45, 2.75) is 76.1 Å². The first-order valence-corrected chi connectivity index (χ1v) is 11.2. The van der Waals surface area contributed by atoms with Gasteiger partial charge >= 0.3 is 12.3 Å². The highest BCUT2D eigenvalue weighted by Crippen LogP contribution is 2.42. The van der Waals surface area contributed by atoms with Crippen molar-refractivity contribution in [2.24, 2.45) is 0 Å². The fraction of sp³-hybridized carbons (Fsp3) is 0.714. The molecule has 3 amide bonds. The lowest BCUT2D eigenvalue weighted by Crippen LogP contribution is -2.54. The van der Waals surface area contributed by atoms with Gasteiger partial charge in [-0.2, -0.15) is 13.2 Å². The van der Waals surface area contributed by atoms with E-state index in [4.69, 9.17) is 0 Å². The summed E-state index contributed by atoms with van der Waals surface area (Å²) < 4.78 is 58.2. The van der Waals surface area contributed by atoms with E-state index in [9.17, 15) is 31.9 Å². The number of aromatic nitrogens is 2. The number of ether oxygens (including phenoxy) is 1. The normalized spacial score (nSPS) is 21.9. The van der Waals surface area contributed by atoms with Gasteiger partial charge in [-0.3, -0.25) is 9.59 Å². The molecular formula is C21H27F4N5O4. The number of carbonyl (C=O) groups excluding carboxylic acids is 3. The highest BCUT2D eigenvalue weighted by Gasteiger charge is 2.53. The average molecular weight is 489 g/mol. The number of hydrogen-bond acceptors (Lipinski definition) is 5. The molecule has 3 heterocycles. The van der Waals surface area contributed by atoms with Crippen molar-refractivity contribution in [2.75, 3.05) is 19.6 Å². The van der Waals surface area contributed by atoms with Crippen molar-refractivity contribution in [3.05, 3.63) is 17.7 Å². The molecule has 0 bridgehead atoms. The van der Waals surface area contributed by atoms with E-state index >= 15 is 0 Å². The Labute approximate surface area is 193 Å². The van der Waals surface area contributed by atoms with E-state index < -0.39 is 41.4 Å². The Morgan fingerprint density at radius 3 is 2.32 bits per heavy atom. The summed E-state index contributed by atoms with van der Waals surface area (Å²) in [6.45, 7) is 3.69. The molecule has 1 aliphatic carbocycles. The van der Waals surface area contributed by atoms with Crippen molar-refractivity contribution in [1.29, 1.82) is 0 Å². The van der Waals surface area contributed by atoms with Crippen LogP contribution in [0, 0.1) is 0 Å². The smallest absolute Gasteiger partial charge is 0.425 e. The number of halogens is 4. The number of hydrogen-bond donors (Lipinski definition) is 1. The van der Waals surface area contributed by atoms with Gasteiger partial charge < -0.3 is 24.4 Å². The zero-order valence-electron chi connectivity index (χ0n) is 19.0. The van der Waals surface area contributed by atoms with Crippen LogP contribution in [0.4, 0.5) is 22.4 Å². The van der Waals surface area contributed by atoms with Crippen LogP contribution in [0.1, 0.15) is 55.8 Å². The van der Waals surface area contributed by atoms with Crippen molar-refractivity contribution >= 4 is 17.9 Å². The van der Waals surface area contributed by atoms with Gasteiger partial charge in [0.2, 0.25) is 0 Å². The fourth-order valence-electron chi connectivity index (χ4n) is 4.08. The summed E-state index contributed by atoms with van der Waals surface area (Å²) in [7, 11) is 0. The summed E-state index contributed by atoms with van der Waals surface area (Å²) in [6.07, 6.45) is -5.17. The van der Waals surface area contributed by atoms with Crippen LogP contribution >= 0.6 is 0 Å². The van der Waals surface area contributed by atoms with Crippen molar-refractivity contribution in [1.82, 2.24) is 24.7 Å². The number of nitrogens with zero attached hydrogens (tertiary/aromatic N) is 4. The maximum atomic E-state index is 14.1. The lowest BCUT2D eigenvalue weighted by Gasteiger charge is -2.39. The van der Waals surface area contributed by atoms with E-state index in [0.29, 0.717) is 31.8 Å². The number of alkyl halides is 4. The molecule has 13 heteroatoms. The Bertz CT molecular complexity index is 982. The molecule has 3 aliphatic rings. The molecule has 34 heavy (non-hydrogen) atoms. The monoisotopic (exact) mass is 489 g/mol. The zero-order chi connectivity index (χ0) is 24.9. The standard InChI is InChI=1S/C21H27F4N5O4/c1-13(21(23,24)25)34-18(33)28-7-5-19(2,6-8-28)27-16(31)14-11-29-9-10-30(12-15(29)26-14)17(32)20(22)3-4-20/h11,13H,3-10,12H2,1-2H3,(H,27,31). The minimum Gasteiger partial charge on any atom is -0.437 e. The molecule has 4 rings (SSSR count). The number of amides is 3. The Morgan fingerprint density at radius 2 is 1.74 bits per heavy atom. The van der Waals surface area contributed by atoms with Crippen LogP contribution in [0.25, 0.3) is 0 Å². The summed E-state index contributed by atoms with van der Waals surface area (Å²) in [4.78, 5) is 44.0. The number of imidazole rings is 1. The maximum absolute atomic E-state index is 14.1. The van der Waals surface area contributed by atoms with E-state index in [1.807, 2.05) is 0 Å². The minimum atomic E-state index is -4.63. The van der Waals surface area contributed by atoms with Gasteiger partial charge in [-0.15, -0.1) is 0 Å². The molecule has 1 atom stereocenters. The molecule has 188 valence electrons. The third-order valence-electron chi connectivity index (χ3n) is 6.67. The number of piperidine rings is 1. The first-order chi connectivity index (χ1) is 15.8. The topological polar surface area (TPSA) is 96.8 Å². The molecule has 1 aromatic heterocycles. The first-order valence-electron chi connectivity index (χ1n) is 11.2. The van der Waals surface area contributed by atoms with Crippen LogP contribution in [-0.4, -0.2) is 80.4 Å². The van der Waals surface area contributed by atoms with Crippen LogP contribution in [0.2, 0.25) is 0 Å². The summed E-state index contributed by atoms with van der Waals surface area (Å²) in [5, 5.41) is 2.90. The second-order valence-corrected chi connectivity index (χ2v) is 9.50. The van der Waals surface area contributed by atoms with Crippen molar-refractivity contribution < 1.29 is 36.7 Å². The second-order valence-electron chi connectivity index (χ2n) is 9.50. The molecule has 1 N–H and O–H groups in total. The summed E-state index contributed by atoms with van der Waals surface area (Å²) in [5.41, 5.74) is -2.29. The lowest BCUT2D eigenvalue weighted by atomic mass is 9.89. The molecule has 9 nitrogen and oxygen atoms in total. The van der Waals surface area contributed by atoms with Gasteiger partial charge in [0.15, 0.2) is 11.8 Å². The minimum absolute atomic E-state index is 0.127. The van der Waals surface area contributed by atoms with E-state index in [2.05, 4.69) is 15.0 Å². The van der Waals surface area contributed by atoms with Crippen LogP contribution in [0.5, 0.6) is 0 Å². The molecular weight excluding hydrogens is 462 g/mol. The highest BCUT2D eigenvalue weighted by atomic mass is 19.4. The van der Waals surface area contributed by atoms with Gasteiger partial charge in [-0.25, -0.2) is 14.2 Å². The van der Waals surface area contributed by atoms with E-state index in [0.717, 1.165) is 6.92 Å². The van der Waals surface area contributed by atoms with Gasteiger partial charge in [-0.1, -0.05) is 0 Å². The Balaban J connectivity index is 1.31. The molecule has 1 unspecified atom stereocenters. The highest BCUT2D eigenvalue weighted by molar-refractivity contribution is 5.93. The van der Waals surface area contributed by atoms with Gasteiger partial charge in [0, 0.05) is 37.9 Å². The predicted octanol–water partition coefficient (Wildman–Crippen LogP) is 2.40. The summed E-state index contributed by atoms with van der Waals surface area (Å²) in [5.74, 6) is -0.473. The molecule has 0 aromatic carbocycles. The second kappa shape index (κ2) is 8.42. The summed E-state index contributed by atoms with van der Waals surface area (Å²) >= 11 is 0. The quantitative estimate of drug-likeness (QED) is 0.656. The fourth-order valence-corrected chi connectivity index (χ4v) is 4.08.